The fourth-order valence-electron chi connectivity index (χ4n) is 4.03. The van der Waals surface area contributed by atoms with Gasteiger partial charge >= 0.3 is 0 Å². The number of hydrogen-bond donors (Lipinski definition) is 0. The molecule has 0 radical (unpaired) electrons. The highest BCUT2D eigenvalue weighted by molar-refractivity contribution is 7.15. The van der Waals surface area contributed by atoms with E-state index in [4.69, 9.17) is 16.6 Å². The number of aliphatic imine (C=N–C) groups is 1. The molecule has 0 N–H and O–H groups in total. The van der Waals surface area contributed by atoms with E-state index in [0.717, 1.165) is 43.7 Å². The fourth-order valence-corrected chi connectivity index (χ4v) is 5.37. The molecule has 1 aliphatic heterocycles. The molecule has 1 aliphatic rings. The minimum Gasteiger partial charge on any atom is -0.300 e. The van der Waals surface area contributed by atoms with E-state index < -0.39 is 6.04 Å². The topological polar surface area (TPSA) is 78.0 Å². The van der Waals surface area contributed by atoms with Gasteiger partial charge in [-0.25, -0.2) is 0 Å². The Kier molecular flexibility index (Phi) is 5.68. The Balaban J connectivity index is 1.75. The van der Waals surface area contributed by atoms with Crippen LogP contribution in [-0.4, -0.2) is 36.0 Å². The number of thiophene rings is 1. The number of aryl methyl sites for hydroxylation is 2. The summed E-state index contributed by atoms with van der Waals surface area (Å²) in [6, 6.07) is 7.16. The lowest BCUT2D eigenvalue weighted by Gasteiger charge is -2.11. The van der Waals surface area contributed by atoms with Gasteiger partial charge in [-0.15, -0.1) is 21.5 Å². The number of carbonyl (C=O) groups is 1. The SMILES string of the molecule is CC(=O)C[C@@H]1N=C(c2ccc(Cl)cc2)c2c(sc(C#Cc3cnn(C)c3)c2C)-n2c(C)nnc21. The summed E-state index contributed by atoms with van der Waals surface area (Å²) in [5.74, 6) is 7.97. The third kappa shape index (κ3) is 3.98. The second-order valence-corrected chi connectivity index (χ2v) is 9.67. The first-order valence-electron chi connectivity index (χ1n) is 10.7. The van der Waals surface area contributed by atoms with Crippen molar-refractivity contribution >= 4 is 34.4 Å². The van der Waals surface area contributed by atoms with Crippen LogP contribution in [0.4, 0.5) is 0 Å². The van der Waals surface area contributed by atoms with Gasteiger partial charge in [-0.2, -0.15) is 5.10 Å². The zero-order valence-electron chi connectivity index (χ0n) is 19.1. The standard InChI is InChI=1S/C25H21ClN6OS/c1-14(33)11-20-24-30-29-16(3)32(24)25-22(23(28-20)18-6-8-19(26)9-7-18)15(2)21(34-25)10-5-17-12-27-31(4)13-17/h6-9,12-13,20H,11H2,1-4H3/t20-/m0/s1. The van der Waals surface area contributed by atoms with Crippen molar-refractivity contribution in [3.63, 3.8) is 0 Å². The van der Waals surface area contributed by atoms with Crippen molar-refractivity contribution in [3.8, 4) is 16.8 Å². The molecule has 34 heavy (non-hydrogen) atoms. The maximum Gasteiger partial charge on any atom is 0.163 e. The highest BCUT2D eigenvalue weighted by Gasteiger charge is 2.32. The lowest BCUT2D eigenvalue weighted by molar-refractivity contribution is -0.117. The summed E-state index contributed by atoms with van der Waals surface area (Å²) in [5.41, 5.74) is 4.56. The minimum atomic E-state index is -0.437. The number of nitrogens with zero attached hydrogens (tertiary/aromatic N) is 6. The van der Waals surface area contributed by atoms with E-state index in [0.29, 0.717) is 10.8 Å². The maximum absolute atomic E-state index is 12.1. The molecule has 0 bridgehead atoms. The van der Waals surface area contributed by atoms with Crippen LogP contribution < -0.4 is 0 Å². The number of benzene rings is 1. The van der Waals surface area contributed by atoms with Crippen LogP contribution >= 0.6 is 22.9 Å². The molecular weight excluding hydrogens is 468 g/mol. The lowest BCUT2D eigenvalue weighted by atomic mass is 9.99. The third-order valence-electron chi connectivity index (χ3n) is 5.62. The van der Waals surface area contributed by atoms with Gasteiger partial charge in [0.2, 0.25) is 0 Å². The van der Waals surface area contributed by atoms with Gasteiger partial charge in [-0.3, -0.25) is 19.0 Å². The summed E-state index contributed by atoms with van der Waals surface area (Å²) in [5, 5.41) is 14.5. The predicted octanol–water partition coefficient (Wildman–Crippen LogP) is 4.60. The van der Waals surface area contributed by atoms with E-state index in [1.807, 2.05) is 49.0 Å². The van der Waals surface area contributed by atoms with Crippen LogP contribution in [0.25, 0.3) is 5.00 Å². The van der Waals surface area contributed by atoms with Crippen LogP contribution in [0.5, 0.6) is 0 Å². The van der Waals surface area contributed by atoms with Crippen molar-refractivity contribution in [1.82, 2.24) is 24.5 Å². The van der Waals surface area contributed by atoms with Crippen LogP contribution in [0, 0.1) is 25.7 Å². The fraction of sp³-hybridized carbons (Fsp3) is 0.240. The van der Waals surface area contributed by atoms with Gasteiger partial charge in [0.25, 0.3) is 0 Å². The van der Waals surface area contributed by atoms with Crippen molar-refractivity contribution in [3.05, 3.63) is 80.5 Å². The van der Waals surface area contributed by atoms with Gasteiger partial charge in [-0.05, 0) is 38.5 Å². The van der Waals surface area contributed by atoms with Crippen molar-refractivity contribution < 1.29 is 4.79 Å². The van der Waals surface area contributed by atoms with E-state index in [9.17, 15) is 4.79 Å². The first-order chi connectivity index (χ1) is 16.3. The van der Waals surface area contributed by atoms with Crippen molar-refractivity contribution in [2.75, 3.05) is 0 Å². The molecule has 170 valence electrons. The molecule has 7 nitrogen and oxygen atoms in total. The molecule has 9 heteroatoms. The molecule has 0 saturated heterocycles. The van der Waals surface area contributed by atoms with Gasteiger partial charge in [-0.1, -0.05) is 35.6 Å². The number of Topliss-reactive ketones (excluding diaryl/α,β-unsaturated/α-hetero) is 1. The van der Waals surface area contributed by atoms with Crippen LogP contribution in [0.3, 0.4) is 0 Å². The molecule has 0 unspecified atom stereocenters. The summed E-state index contributed by atoms with van der Waals surface area (Å²) in [7, 11) is 1.87. The molecule has 1 aromatic carbocycles. The molecule has 0 amide bonds. The largest absolute Gasteiger partial charge is 0.300 e. The summed E-state index contributed by atoms with van der Waals surface area (Å²) >= 11 is 7.74. The maximum atomic E-state index is 12.1. The molecular formula is C25H21ClN6OS. The number of fused-ring (bicyclic) bond motifs is 3. The zero-order valence-corrected chi connectivity index (χ0v) is 20.7. The highest BCUT2D eigenvalue weighted by atomic mass is 35.5. The van der Waals surface area contributed by atoms with Crippen molar-refractivity contribution in [2.45, 2.75) is 33.2 Å². The zero-order chi connectivity index (χ0) is 24.0. The number of ketones is 1. The molecule has 4 aromatic rings. The van der Waals surface area contributed by atoms with Crippen LogP contribution in [0.2, 0.25) is 5.02 Å². The van der Waals surface area contributed by atoms with Crippen LogP contribution in [-0.2, 0) is 11.8 Å². The summed E-state index contributed by atoms with van der Waals surface area (Å²) < 4.78 is 3.75. The highest BCUT2D eigenvalue weighted by Crippen LogP contribution is 2.39. The summed E-state index contributed by atoms with van der Waals surface area (Å²) in [6.45, 7) is 5.54. The average molecular weight is 489 g/mol. The number of aromatic nitrogens is 5. The monoisotopic (exact) mass is 488 g/mol. The molecule has 4 heterocycles. The van der Waals surface area contributed by atoms with Gasteiger partial charge in [0.1, 0.15) is 22.7 Å². The first-order valence-corrected chi connectivity index (χ1v) is 11.9. The minimum absolute atomic E-state index is 0.0430. The molecule has 0 fully saturated rings. The molecule has 1 atom stereocenters. The van der Waals surface area contributed by atoms with Crippen LogP contribution in [0.15, 0.2) is 41.7 Å². The average Bonchev–Trinajstić information content (AvgIpc) is 3.45. The Labute approximate surface area is 206 Å². The van der Waals surface area contributed by atoms with Gasteiger partial charge in [0.05, 0.1) is 22.3 Å². The van der Waals surface area contributed by atoms with E-state index >= 15 is 0 Å². The Bertz CT molecular complexity index is 1510. The number of rotatable bonds is 3. The molecule has 5 rings (SSSR count). The van der Waals surface area contributed by atoms with Crippen molar-refractivity contribution in [2.24, 2.45) is 12.0 Å². The van der Waals surface area contributed by atoms with Crippen LogP contribution in [0.1, 0.15) is 58.2 Å². The molecule has 0 saturated carbocycles. The third-order valence-corrected chi connectivity index (χ3v) is 7.07. The van der Waals surface area contributed by atoms with E-state index in [2.05, 4.69) is 34.1 Å². The number of halogens is 1. The smallest absolute Gasteiger partial charge is 0.163 e. The quantitative estimate of drug-likeness (QED) is 0.395. The Hall–Kier alpha value is -3.54. The molecule has 0 spiro atoms. The van der Waals surface area contributed by atoms with E-state index in [-0.39, 0.29) is 12.2 Å². The first kappa shape index (κ1) is 22.3. The number of carbonyl (C=O) groups excluding carboxylic acids is 1. The number of hydrogen-bond acceptors (Lipinski definition) is 6. The van der Waals surface area contributed by atoms with E-state index in [1.54, 1.807) is 29.1 Å². The predicted molar refractivity (Wildman–Crippen MR) is 133 cm³/mol. The second-order valence-electron chi connectivity index (χ2n) is 8.24. The van der Waals surface area contributed by atoms with E-state index in [1.165, 1.54) is 0 Å². The normalized spacial score (nSPS) is 14.5. The lowest BCUT2D eigenvalue weighted by Crippen LogP contribution is -2.09. The Morgan fingerprint density at radius 1 is 1.18 bits per heavy atom. The summed E-state index contributed by atoms with van der Waals surface area (Å²) in [4.78, 5) is 18.1. The van der Waals surface area contributed by atoms with Gasteiger partial charge < -0.3 is 0 Å². The van der Waals surface area contributed by atoms with Gasteiger partial charge in [0, 0.05) is 35.8 Å². The summed E-state index contributed by atoms with van der Waals surface area (Å²) in [6.07, 6.45) is 3.88. The molecule has 0 aliphatic carbocycles. The second kappa shape index (κ2) is 8.67. The Morgan fingerprint density at radius 2 is 1.94 bits per heavy atom. The van der Waals surface area contributed by atoms with Crippen molar-refractivity contribution in [1.29, 1.82) is 0 Å². The van der Waals surface area contributed by atoms with Gasteiger partial charge in [0.15, 0.2) is 5.82 Å². The molecule has 3 aromatic heterocycles. The Morgan fingerprint density at radius 3 is 2.62 bits per heavy atom.